The highest BCUT2D eigenvalue weighted by atomic mass is 16.6. The molecule has 4 nitrogen and oxygen atoms in total. The summed E-state index contributed by atoms with van der Waals surface area (Å²) in [7, 11) is 0. The largest absolute Gasteiger partial charge is 0.447 e. The van der Waals surface area contributed by atoms with Crippen LogP contribution >= 0.6 is 0 Å². The fraction of sp³-hybridized carbons (Fsp3) is 0.364. The molecule has 2 rings (SSSR count). The molecule has 80 valence electrons. The molecule has 1 N–H and O–H groups in total. The topological polar surface area (TPSA) is 49.8 Å². The number of cyclic esters (lactones) is 1. The van der Waals surface area contributed by atoms with Crippen LogP contribution in [0, 0.1) is 0 Å². The molecule has 0 radical (unpaired) electrons. The van der Waals surface area contributed by atoms with Gasteiger partial charge in [-0.15, -0.1) is 0 Å². The van der Waals surface area contributed by atoms with Gasteiger partial charge in [-0.25, -0.2) is 4.79 Å². The molecule has 4 heteroatoms. The number of rotatable bonds is 2. The smallest absolute Gasteiger partial charge is 0.415 e. The standard InChI is InChI=1S/C11H13NO3/c1-11(7-13)8-15-10(14)12(11)9-5-3-2-4-6-9/h2-6,13H,7-8H2,1H3. The van der Waals surface area contributed by atoms with Crippen molar-refractivity contribution in [1.82, 2.24) is 0 Å². The highest BCUT2D eigenvalue weighted by Gasteiger charge is 2.44. The van der Waals surface area contributed by atoms with E-state index in [-0.39, 0.29) is 13.2 Å². The minimum absolute atomic E-state index is 0.117. The summed E-state index contributed by atoms with van der Waals surface area (Å²) in [5.74, 6) is 0. The minimum atomic E-state index is -0.654. The van der Waals surface area contributed by atoms with Gasteiger partial charge in [0.05, 0.1) is 6.61 Å². The van der Waals surface area contributed by atoms with E-state index in [1.54, 1.807) is 6.92 Å². The Kier molecular flexibility index (Phi) is 2.36. The van der Waals surface area contributed by atoms with Crippen LogP contribution in [0.1, 0.15) is 6.92 Å². The molecule has 1 aliphatic heterocycles. The summed E-state index contributed by atoms with van der Waals surface area (Å²) in [6.07, 6.45) is -0.405. The zero-order valence-corrected chi connectivity index (χ0v) is 8.51. The summed E-state index contributed by atoms with van der Waals surface area (Å²) in [6.45, 7) is 1.90. The molecule has 1 unspecified atom stereocenters. The maximum absolute atomic E-state index is 11.5. The first-order chi connectivity index (χ1) is 7.17. The number of nitrogens with zero attached hydrogens (tertiary/aromatic N) is 1. The maximum Gasteiger partial charge on any atom is 0.415 e. The molecule has 0 spiro atoms. The quantitative estimate of drug-likeness (QED) is 0.797. The Bertz CT molecular complexity index is 365. The summed E-state index contributed by atoms with van der Waals surface area (Å²) in [4.78, 5) is 13.0. The maximum atomic E-state index is 11.5. The summed E-state index contributed by atoms with van der Waals surface area (Å²) >= 11 is 0. The minimum Gasteiger partial charge on any atom is -0.447 e. The van der Waals surface area contributed by atoms with Crippen molar-refractivity contribution in [2.45, 2.75) is 12.5 Å². The lowest BCUT2D eigenvalue weighted by Crippen LogP contribution is -2.47. The molecule has 1 heterocycles. The van der Waals surface area contributed by atoms with Gasteiger partial charge in [-0.3, -0.25) is 4.90 Å². The van der Waals surface area contributed by atoms with E-state index in [1.165, 1.54) is 4.90 Å². The van der Waals surface area contributed by atoms with Crippen LogP contribution in [0.25, 0.3) is 0 Å². The van der Waals surface area contributed by atoms with Gasteiger partial charge >= 0.3 is 6.09 Å². The first-order valence-electron chi connectivity index (χ1n) is 4.80. The van der Waals surface area contributed by atoms with Crippen molar-refractivity contribution in [3.8, 4) is 0 Å². The van der Waals surface area contributed by atoms with E-state index in [9.17, 15) is 9.90 Å². The average molecular weight is 207 g/mol. The van der Waals surface area contributed by atoms with Crippen LogP contribution in [-0.4, -0.2) is 30.0 Å². The molecule has 1 aromatic carbocycles. The molecule has 0 bridgehead atoms. The van der Waals surface area contributed by atoms with Crippen molar-refractivity contribution in [1.29, 1.82) is 0 Å². The number of aliphatic hydroxyl groups is 1. The average Bonchev–Trinajstić information content (AvgIpc) is 2.57. The Hall–Kier alpha value is -1.55. The van der Waals surface area contributed by atoms with Crippen molar-refractivity contribution < 1.29 is 14.6 Å². The number of carbonyl (C=O) groups is 1. The zero-order chi connectivity index (χ0) is 10.9. The monoisotopic (exact) mass is 207 g/mol. The Morgan fingerprint density at radius 1 is 1.47 bits per heavy atom. The van der Waals surface area contributed by atoms with Crippen LogP contribution in [0.3, 0.4) is 0 Å². The molecule has 1 saturated heterocycles. The molecule has 0 aromatic heterocycles. The van der Waals surface area contributed by atoms with Crippen LogP contribution in [0.5, 0.6) is 0 Å². The fourth-order valence-electron chi connectivity index (χ4n) is 1.68. The van der Waals surface area contributed by atoms with Gasteiger partial charge in [-0.1, -0.05) is 18.2 Å². The van der Waals surface area contributed by atoms with Gasteiger partial charge in [-0.05, 0) is 19.1 Å². The predicted octanol–water partition coefficient (Wildman–Crippen LogP) is 1.39. The molecule has 15 heavy (non-hydrogen) atoms. The van der Waals surface area contributed by atoms with Crippen molar-refractivity contribution in [3.63, 3.8) is 0 Å². The molecule has 0 aliphatic carbocycles. The second kappa shape index (κ2) is 3.55. The van der Waals surface area contributed by atoms with Crippen molar-refractivity contribution in [3.05, 3.63) is 30.3 Å². The van der Waals surface area contributed by atoms with E-state index in [1.807, 2.05) is 30.3 Å². The van der Waals surface area contributed by atoms with Crippen LogP contribution in [-0.2, 0) is 4.74 Å². The van der Waals surface area contributed by atoms with Crippen LogP contribution in [0.4, 0.5) is 10.5 Å². The predicted molar refractivity (Wildman–Crippen MR) is 55.8 cm³/mol. The lowest BCUT2D eigenvalue weighted by molar-refractivity contribution is 0.155. The number of ether oxygens (including phenoxy) is 1. The number of hydrogen-bond acceptors (Lipinski definition) is 3. The Balaban J connectivity index is 2.38. The van der Waals surface area contributed by atoms with Crippen molar-refractivity contribution in [2.75, 3.05) is 18.1 Å². The van der Waals surface area contributed by atoms with E-state index in [2.05, 4.69) is 0 Å². The number of benzene rings is 1. The van der Waals surface area contributed by atoms with Crippen molar-refractivity contribution >= 4 is 11.8 Å². The van der Waals surface area contributed by atoms with Gasteiger partial charge in [0.1, 0.15) is 12.1 Å². The lowest BCUT2D eigenvalue weighted by atomic mass is 10.0. The highest BCUT2D eigenvalue weighted by Crippen LogP contribution is 2.29. The number of anilines is 1. The fourth-order valence-corrected chi connectivity index (χ4v) is 1.68. The van der Waals surface area contributed by atoms with E-state index < -0.39 is 11.6 Å². The third kappa shape index (κ3) is 1.57. The van der Waals surface area contributed by atoms with Gasteiger partial charge in [-0.2, -0.15) is 0 Å². The summed E-state index contributed by atoms with van der Waals surface area (Å²) in [5.41, 5.74) is 0.0925. The number of amides is 1. The van der Waals surface area contributed by atoms with Crippen molar-refractivity contribution in [2.24, 2.45) is 0 Å². The Morgan fingerprint density at radius 2 is 2.13 bits per heavy atom. The second-order valence-corrected chi connectivity index (χ2v) is 3.88. The highest BCUT2D eigenvalue weighted by molar-refractivity contribution is 5.91. The van der Waals surface area contributed by atoms with Gasteiger partial charge in [0, 0.05) is 5.69 Å². The van der Waals surface area contributed by atoms with E-state index in [0.29, 0.717) is 0 Å². The molecule has 1 amide bonds. The lowest BCUT2D eigenvalue weighted by Gasteiger charge is -2.29. The van der Waals surface area contributed by atoms with E-state index >= 15 is 0 Å². The molecular weight excluding hydrogens is 194 g/mol. The van der Waals surface area contributed by atoms with Crippen LogP contribution in [0.15, 0.2) is 30.3 Å². The SMILES string of the molecule is CC1(CO)COC(=O)N1c1ccccc1. The molecular formula is C11H13NO3. The van der Waals surface area contributed by atoms with E-state index in [4.69, 9.17) is 4.74 Å². The third-order valence-electron chi connectivity index (χ3n) is 2.58. The first kappa shape index (κ1) is 9.98. The summed E-state index contributed by atoms with van der Waals surface area (Å²) in [5, 5.41) is 9.30. The van der Waals surface area contributed by atoms with E-state index in [0.717, 1.165) is 5.69 Å². The Labute approximate surface area is 88.1 Å². The summed E-state index contributed by atoms with van der Waals surface area (Å²) < 4.78 is 4.95. The second-order valence-electron chi connectivity index (χ2n) is 3.88. The number of hydrogen-bond donors (Lipinski definition) is 1. The normalized spacial score (nSPS) is 25.5. The van der Waals surface area contributed by atoms with Crippen LogP contribution < -0.4 is 4.90 Å². The Morgan fingerprint density at radius 3 is 2.73 bits per heavy atom. The molecule has 1 aliphatic rings. The van der Waals surface area contributed by atoms with Gasteiger partial charge in [0.15, 0.2) is 0 Å². The zero-order valence-electron chi connectivity index (χ0n) is 8.51. The molecule has 1 fully saturated rings. The van der Waals surface area contributed by atoms with Gasteiger partial charge in [0.25, 0.3) is 0 Å². The van der Waals surface area contributed by atoms with Gasteiger partial charge in [0.2, 0.25) is 0 Å². The first-order valence-corrected chi connectivity index (χ1v) is 4.80. The summed E-state index contributed by atoms with van der Waals surface area (Å²) in [6, 6.07) is 9.21. The van der Waals surface area contributed by atoms with Crippen LogP contribution in [0.2, 0.25) is 0 Å². The molecule has 0 saturated carbocycles. The van der Waals surface area contributed by atoms with Gasteiger partial charge < -0.3 is 9.84 Å². The molecule has 1 aromatic rings. The molecule has 1 atom stereocenters. The number of carbonyl (C=O) groups excluding carboxylic acids is 1. The number of aliphatic hydroxyl groups excluding tert-OH is 1. The number of para-hydroxylation sites is 1. The third-order valence-corrected chi connectivity index (χ3v) is 2.58.